The van der Waals surface area contributed by atoms with Gasteiger partial charge in [-0.2, -0.15) is 5.26 Å². The van der Waals surface area contributed by atoms with E-state index in [1.54, 1.807) is 42.7 Å². The summed E-state index contributed by atoms with van der Waals surface area (Å²) in [5, 5.41) is 16.4. The van der Waals surface area contributed by atoms with Crippen LogP contribution in [0.5, 0.6) is 0 Å². The van der Waals surface area contributed by atoms with Crippen LogP contribution in [0.2, 0.25) is 10.0 Å². The minimum atomic E-state index is 0.476. The van der Waals surface area contributed by atoms with Crippen molar-refractivity contribution >= 4 is 34.8 Å². The van der Waals surface area contributed by atoms with Crippen molar-refractivity contribution in [1.29, 1.82) is 5.26 Å². The van der Waals surface area contributed by atoms with Crippen LogP contribution < -0.4 is 10.6 Å². The molecule has 2 N–H and O–H groups in total. The zero-order valence-corrected chi connectivity index (χ0v) is 18.3. The summed E-state index contributed by atoms with van der Waals surface area (Å²) in [6.45, 7) is 1.19. The third kappa shape index (κ3) is 5.30. The van der Waals surface area contributed by atoms with Gasteiger partial charge in [-0.05, 0) is 42.5 Å². The van der Waals surface area contributed by atoms with E-state index in [9.17, 15) is 0 Å². The third-order valence-corrected chi connectivity index (χ3v) is 5.05. The summed E-state index contributed by atoms with van der Waals surface area (Å²) in [4.78, 5) is 17.6. The van der Waals surface area contributed by atoms with E-state index in [1.165, 1.54) is 6.20 Å². The summed E-state index contributed by atoms with van der Waals surface area (Å²) in [7, 11) is 0. The fourth-order valence-electron chi connectivity index (χ4n) is 2.95. The molecule has 3 aromatic heterocycles. The standard InChI is InChI=1S/C23H17Cl2N7/c24-17-2-3-18(19(25)11-17)23-31-20(16-5-7-27-8-6-16)12-22(32-23)29-10-9-28-21-4-1-15(13-26)14-30-21/h1-8,11-12,14H,9-10H2,(H,28,30)(H,29,31,32). The van der Waals surface area contributed by atoms with Gasteiger partial charge in [0.15, 0.2) is 5.82 Å². The maximum Gasteiger partial charge on any atom is 0.163 e. The number of nitriles is 1. The summed E-state index contributed by atoms with van der Waals surface area (Å²) >= 11 is 12.4. The highest BCUT2D eigenvalue weighted by molar-refractivity contribution is 6.36. The number of benzene rings is 1. The van der Waals surface area contributed by atoms with Gasteiger partial charge >= 0.3 is 0 Å². The van der Waals surface area contributed by atoms with E-state index < -0.39 is 0 Å². The topological polar surface area (TPSA) is 99.4 Å². The van der Waals surface area contributed by atoms with E-state index in [0.29, 0.717) is 51.7 Å². The Morgan fingerprint density at radius 3 is 2.34 bits per heavy atom. The van der Waals surface area contributed by atoms with Crippen LogP contribution in [0.4, 0.5) is 11.6 Å². The van der Waals surface area contributed by atoms with Gasteiger partial charge in [-0.3, -0.25) is 4.98 Å². The Morgan fingerprint density at radius 1 is 0.875 bits per heavy atom. The lowest BCUT2D eigenvalue weighted by atomic mass is 10.1. The molecule has 0 spiro atoms. The molecule has 4 rings (SSSR count). The molecule has 0 amide bonds. The lowest BCUT2D eigenvalue weighted by Gasteiger charge is -2.12. The molecule has 0 saturated carbocycles. The molecular formula is C23H17Cl2N7. The number of nitrogens with one attached hydrogen (secondary N) is 2. The van der Waals surface area contributed by atoms with Gasteiger partial charge in [0, 0.05) is 53.9 Å². The van der Waals surface area contributed by atoms with Crippen molar-refractivity contribution in [3.63, 3.8) is 0 Å². The van der Waals surface area contributed by atoms with Gasteiger partial charge in [0.25, 0.3) is 0 Å². The number of anilines is 2. The Balaban J connectivity index is 1.54. The van der Waals surface area contributed by atoms with Crippen LogP contribution in [0.1, 0.15) is 5.56 Å². The monoisotopic (exact) mass is 461 g/mol. The van der Waals surface area contributed by atoms with Crippen LogP contribution in [-0.4, -0.2) is 33.0 Å². The normalized spacial score (nSPS) is 10.4. The van der Waals surface area contributed by atoms with E-state index >= 15 is 0 Å². The van der Waals surface area contributed by atoms with Crippen LogP contribution in [0.15, 0.2) is 67.1 Å². The lowest BCUT2D eigenvalue weighted by Crippen LogP contribution is -2.15. The Kier molecular flexibility index (Phi) is 6.75. The van der Waals surface area contributed by atoms with E-state index in [4.69, 9.17) is 33.4 Å². The number of aromatic nitrogens is 4. The molecule has 0 aliphatic carbocycles. The number of halogens is 2. The van der Waals surface area contributed by atoms with Gasteiger partial charge in [-0.1, -0.05) is 23.2 Å². The molecule has 0 unspecified atom stereocenters. The van der Waals surface area contributed by atoms with Crippen LogP contribution in [0.3, 0.4) is 0 Å². The number of pyridine rings is 2. The van der Waals surface area contributed by atoms with E-state index in [-0.39, 0.29) is 0 Å². The van der Waals surface area contributed by atoms with Gasteiger partial charge in [0.2, 0.25) is 0 Å². The molecule has 1 aromatic carbocycles. The van der Waals surface area contributed by atoms with Crippen molar-refractivity contribution in [1.82, 2.24) is 19.9 Å². The second-order valence-corrected chi connectivity index (χ2v) is 7.56. The first kappa shape index (κ1) is 21.5. The first-order valence-electron chi connectivity index (χ1n) is 9.71. The second kappa shape index (κ2) is 10.1. The van der Waals surface area contributed by atoms with E-state index in [2.05, 4.69) is 25.6 Å². The molecule has 0 fully saturated rings. The fraction of sp³-hybridized carbons (Fsp3) is 0.0870. The molecule has 4 aromatic rings. The second-order valence-electron chi connectivity index (χ2n) is 6.72. The van der Waals surface area contributed by atoms with Crippen LogP contribution in [0, 0.1) is 11.3 Å². The van der Waals surface area contributed by atoms with Crippen LogP contribution >= 0.6 is 23.2 Å². The smallest absolute Gasteiger partial charge is 0.163 e. The van der Waals surface area contributed by atoms with Crippen molar-refractivity contribution in [3.8, 4) is 28.7 Å². The van der Waals surface area contributed by atoms with Gasteiger partial charge in [0.05, 0.1) is 16.3 Å². The maximum atomic E-state index is 8.86. The summed E-state index contributed by atoms with van der Waals surface area (Å²) in [5.74, 6) is 1.84. The molecule has 0 bridgehead atoms. The highest BCUT2D eigenvalue weighted by Gasteiger charge is 2.12. The predicted molar refractivity (Wildman–Crippen MR) is 127 cm³/mol. The van der Waals surface area contributed by atoms with Gasteiger partial charge in [-0.15, -0.1) is 0 Å². The predicted octanol–water partition coefficient (Wildman–Crippen LogP) is 5.30. The highest BCUT2D eigenvalue weighted by atomic mass is 35.5. The Labute approximate surface area is 195 Å². The maximum absolute atomic E-state index is 8.86. The van der Waals surface area contributed by atoms with Crippen molar-refractivity contribution in [2.24, 2.45) is 0 Å². The molecule has 0 saturated heterocycles. The van der Waals surface area contributed by atoms with Crippen LogP contribution in [-0.2, 0) is 0 Å². The molecule has 0 aliphatic rings. The lowest BCUT2D eigenvalue weighted by molar-refractivity contribution is 1.04. The summed E-state index contributed by atoms with van der Waals surface area (Å²) in [6.07, 6.45) is 4.96. The number of hydrogen-bond donors (Lipinski definition) is 2. The summed E-state index contributed by atoms with van der Waals surface area (Å²) in [5.41, 5.74) is 2.87. The zero-order chi connectivity index (χ0) is 22.3. The molecule has 0 atom stereocenters. The number of rotatable bonds is 7. The van der Waals surface area contributed by atoms with E-state index in [0.717, 1.165) is 11.3 Å². The molecule has 0 aliphatic heterocycles. The van der Waals surface area contributed by atoms with Crippen molar-refractivity contribution < 1.29 is 0 Å². The Bertz CT molecular complexity index is 1260. The zero-order valence-electron chi connectivity index (χ0n) is 16.8. The largest absolute Gasteiger partial charge is 0.368 e. The first-order chi connectivity index (χ1) is 15.6. The first-order valence-corrected chi connectivity index (χ1v) is 10.5. The molecule has 32 heavy (non-hydrogen) atoms. The van der Waals surface area contributed by atoms with Gasteiger partial charge < -0.3 is 10.6 Å². The fourth-order valence-corrected chi connectivity index (χ4v) is 3.44. The average molecular weight is 462 g/mol. The molecule has 158 valence electrons. The summed E-state index contributed by atoms with van der Waals surface area (Å²) < 4.78 is 0. The van der Waals surface area contributed by atoms with Crippen molar-refractivity contribution in [2.75, 3.05) is 23.7 Å². The molecule has 9 heteroatoms. The Morgan fingerprint density at radius 2 is 1.66 bits per heavy atom. The molecular weight excluding hydrogens is 445 g/mol. The number of nitrogens with zero attached hydrogens (tertiary/aromatic N) is 5. The molecule has 3 heterocycles. The summed E-state index contributed by atoms with van der Waals surface area (Å²) in [6, 6.07) is 16.4. The minimum Gasteiger partial charge on any atom is -0.368 e. The Hall–Kier alpha value is -3.73. The van der Waals surface area contributed by atoms with Crippen LogP contribution in [0.25, 0.3) is 22.6 Å². The number of hydrogen-bond acceptors (Lipinski definition) is 7. The van der Waals surface area contributed by atoms with Crippen molar-refractivity contribution in [3.05, 3.63) is 82.7 Å². The molecule has 0 radical (unpaired) electrons. The van der Waals surface area contributed by atoms with Gasteiger partial charge in [0.1, 0.15) is 17.7 Å². The van der Waals surface area contributed by atoms with Crippen molar-refractivity contribution in [2.45, 2.75) is 0 Å². The quantitative estimate of drug-likeness (QED) is 0.360. The third-order valence-electron chi connectivity index (χ3n) is 4.50. The minimum absolute atomic E-state index is 0.476. The van der Waals surface area contributed by atoms with Gasteiger partial charge in [-0.25, -0.2) is 15.0 Å². The van der Waals surface area contributed by atoms with E-state index in [1.807, 2.05) is 24.3 Å². The SMILES string of the molecule is N#Cc1ccc(NCCNc2cc(-c3ccncc3)nc(-c3ccc(Cl)cc3Cl)n2)nc1. The average Bonchev–Trinajstić information content (AvgIpc) is 2.82. The molecule has 7 nitrogen and oxygen atoms in total. The highest BCUT2D eigenvalue weighted by Crippen LogP contribution is 2.30.